The summed E-state index contributed by atoms with van der Waals surface area (Å²) in [5.74, 6) is 0. The van der Waals surface area contributed by atoms with Crippen molar-refractivity contribution in [2.45, 2.75) is 30.6 Å². The van der Waals surface area contributed by atoms with Gasteiger partial charge >= 0.3 is 0 Å². The first-order valence-corrected chi connectivity index (χ1v) is 10.5. The summed E-state index contributed by atoms with van der Waals surface area (Å²) in [6.07, 6.45) is 4.56. The van der Waals surface area contributed by atoms with Crippen LogP contribution in [-0.4, -0.2) is 57.0 Å². The van der Waals surface area contributed by atoms with Crippen LogP contribution in [0.1, 0.15) is 25.7 Å². The Morgan fingerprint density at radius 3 is 2.50 bits per heavy atom. The van der Waals surface area contributed by atoms with Gasteiger partial charge in [-0.1, -0.05) is 0 Å². The van der Waals surface area contributed by atoms with Crippen LogP contribution in [0.2, 0.25) is 0 Å². The Morgan fingerprint density at radius 2 is 1.85 bits per heavy atom. The molecule has 0 atom stereocenters. The molecule has 0 bridgehead atoms. The average Bonchev–Trinajstić information content (AvgIpc) is 3.40. The van der Waals surface area contributed by atoms with Crippen molar-refractivity contribution >= 4 is 21.4 Å². The van der Waals surface area contributed by atoms with Crippen LogP contribution in [-0.2, 0) is 14.8 Å². The number of sulfonamides is 1. The van der Waals surface area contributed by atoms with Gasteiger partial charge in [0.15, 0.2) is 0 Å². The average molecular weight is 381 g/mol. The van der Waals surface area contributed by atoms with E-state index in [2.05, 4.69) is 4.90 Å². The van der Waals surface area contributed by atoms with Crippen LogP contribution < -0.4 is 4.90 Å². The predicted octanol–water partition coefficient (Wildman–Crippen LogP) is 2.00. The first-order chi connectivity index (χ1) is 12.4. The number of anilines is 1. The summed E-state index contributed by atoms with van der Waals surface area (Å²) in [4.78, 5) is 13.2. The van der Waals surface area contributed by atoms with E-state index in [0.717, 1.165) is 19.5 Å². The number of piperidine rings is 1. The lowest BCUT2D eigenvalue weighted by Crippen LogP contribution is -2.40. The minimum atomic E-state index is -3.75. The fourth-order valence-corrected chi connectivity index (χ4v) is 5.44. The van der Waals surface area contributed by atoms with Gasteiger partial charge in [-0.3, -0.25) is 10.1 Å². The Balaban J connectivity index is 1.66. The van der Waals surface area contributed by atoms with E-state index in [1.54, 1.807) is 6.07 Å². The quantitative estimate of drug-likeness (QED) is 0.585. The molecule has 0 N–H and O–H groups in total. The summed E-state index contributed by atoms with van der Waals surface area (Å²) >= 11 is 0. The molecule has 9 heteroatoms. The van der Waals surface area contributed by atoms with E-state index in [-0.39, 0.29) is 23.7 Å². The Hall–Kier alpha value is -1.71. The summed E-state index contributed by atoms with van der Waals surface area (Å²) in [6, 6.07) is 4.32. The van der Waals surface area contributed by atoms with Crippen LogP contribution in [0.5, 0.6) is 0 Å². The second kappa shape index (κ2) is 6.47. The molecule has 2 aliphatic heterocycles. The number of hydrogen-bond donors (Lipinski definition) is 0. The van der Waals surface area contributed by atoms with Crippen LogP contribution in [0.4, 0.5) is 11.4 Å². The molecule has 0 aromatic heterocycles. The van der Waals surface area contributed by atoms with Crippen LogP contribution >= 0.6 is 0 Å². The number of nitro benzene ring substituents is 1. The molecule has 3 fully saturated rings. The van der Waals surface area contributed by atoms with Gasteiger partial charge in [-0.05, 0) is 43.2 Å². The van der Waals surface area contributed by atoms with E-state index in [4.69, 9.17) is 4.74 Å². The van der Waals surface area contributed by atoms with Crippen molar-refractivity contribution < 1.29 is 18.1 Å². The van der Waals surface area contributed by atoms with Gasteiger partial charge in [0.25, 0.3) is 5.69 Å². The lowest BCUT2D eigenvalue weighted by molar-refractivity contribution is -0.384. The Morgan fingerprint density at radius 1 is 1.12 bits per heavy atom. The summed E-state index contributed by atoms with van der Waals surface area (Å²) in [5, 5.41) is 11.6. The molecule has 2 heterocycles. The van der Waals surface area contributed by atoms with Crippen molar-refractivity contribution in [2.75, 3.05) is 44.3 Å². The molecule has 1 aliphatic carbocycles. The SMILES string of the molecule is O=[N+]([O-])c1cc(S(=O)(=O)N2CCOCC2)ccc1N1CCCC2(CC2)C1. The monoisotopic (exact) mass is 381 g/mol. The highest BCUT2D eigenvalue weighted by Gasteiger charge is 2.46. The molecule has 1 spiro atoms. The second-order valence-corrected chi connectivity index (χ2v) is 9.39. The molecule has 1 saturated carbocycles. The van der Waals surface area contributed by atoms with Gasteiger partial charge in [0.05, 0.1) is 23.0 Å². The lowest BCUT2D eigenvalue weighted by atomic mass is 9.94. The van der Waals surface area contributed by atoms with Gasteiger partial charge in [-0.25, -0.2) is 8.42 Å². The summed E-state index contributed by atoms with van der Waals surface area (Å²) in [7, 11) is -3.75. The third-order valence-electron chi connectivity index (χ3n) is 5.71. The fourth-order valence-electron chi connectivity index (χ4n) is 4.01. The first-order valence-electron chi connectivity index (χ1n) is 9.03. The van der Waals surface area contributed by atoms with Gasteiger partial charge in [-0.2, -0.15) is 4.31 Å². The molecule has 4 rings (SSSR count). The van der Waals surface area contributed by atoms with Crippen molar-refractivity contribution in [3.8, 4) is 0 Å². The van der Waals surface area contributed by atoms with Crippen molar-refractivity contribution in [3.05, 3.63) is 28.3 Å². The number of rotatable bonds is 4. The normalized spacial score (nSPS) is 23.2. The number of nitro groups is 1. The predicted molar refractivity (Wildman–Crippen MR) is 95.8 cm³/mol. The second-order valence-electron chi connectivity index (χ2n) is 7.45. The molecular formula is C17H23N3O5S. The summed E-state index contributed by atoms with van der Waals surface area (Å²) in [6.45, 7) is 2.82. The molecule has 142 valence electrons. The van der Waals surface area contributed by atoms with Crippen molar-refractivity contribution in [1.82, 2.24) is 4.31 Å². The minimum absolute atomic E-state index is 0.0204. The van der Waals surface area contributed by atoms with Crippen molar-refractivity contribution in [3.63, 3.8) is 0 Å². The smallest absolute Gasteiger partial charge is 0.293 e. The Kier molecular flexibility index (Phi) is 4.40. The zero-order valence-electron chi connectivity index (χ0n) is 14.6. The third kappa shape index (κ3) is 3.19. The molecule has 2 saturated heterocycles. The highest BCUT2D eigenvalue weighted by Crippen LogP contribution is 2.53. The molecule has 0 radical (unpaired) electrons. The van der Waals surface area contributed by atoms with E-state index in [0.29, 0.717) is 24.3 Å². The zero-order valence-corrected chi connectivity index (χ0v) is 15.4. The number of hydrogen-bond acceptors (Lipinski definition) is 6. The van der Waals surface area contributed by atoms with Crippen LogP contribution in [0.3, 0.4) is 0 Å². The maximum absolute atomic E-state index is 12.8. The van der Waals surface area contributed by atoms with Crippen LogP contribution in [0.25, 0.3) is 0 Å². The Bertz CT molecular complexity index is 816. The Labute approximate surface area is 152 Å². The summed E-state index contributed by atoms with van der Waals surface area (Å²) < 4.78 is 32.1. The molecule has 1 aromatic rings. The standard InChI is InChI=1S/C17H23N3O5S/c21-20(22)16-12-14(26(23,24)19-8-10-25-11-9-19)2-3-15(16)18-7-1-4-17(13-18)5-6-17/h2-3,12H,1,4-11,13H2. The third-order valence-corrected chi connectivity index (χ3v) is 7.61. The topological polar surface area (TPSA) is 93.0 Å². The van der Waals surface area contributed by atoms with Crippen molar-refractivity contribution in [1.29, 1.82) is 0 Å². The number of benzene rings is 1. The molecular weight excluding hydrogens is 358 g/mol. The van der Waals surface area contributed by atoms with E-state index in [1.807, 2.05) is 0 Å². The minimum Gasteiger partial charge on any atom is -0.379 e. The van der Waals surface area contributed by atoms with Gasteiger partial charge in [0.1, 0.15) is 5.69 Å². The van der Waals surface area contributed by atoms with E-state index >= 15 is 0 Å². The fraction of sp³-hybridized carbons (Fsp3) is 0.647. The first kappa shape index (κ1) is 17.7. The zero-order chi connectivity index (χ0) is 18.4. The van der Waals surface area contributed by atoms with Gasteiger partial charge in [0, 0.05) is 32.2 Å². The number of morpholine rings is 1. The highest BCUT2D eigenvalue weighted by atomic mass is 32.2. The van der Waals surface area contributed by atoms with Crippen LogP contribution in [0.15, 0.2) is 23.1 Å². The number of ether oxygens (including phenoxy) is 1. The highest BCUT2D eigenvalue weighted by molar-refractivity contribution is 7.89. The maximum Gasteiger partial charge on any atom is 0.293 e. The molecule has 0 amide bonds. The van der Waals surface area contributed by atoms with Crippen LogP contribution in [0, 0.1) is 15.5 Å². The van der Waals surface area contributed by atoms with E-state index in [1.165, 1.54) is 35.7 Å². The molecule has 0 unspecified atom stereocenters. The molecule has 8 nitrogen and oxygen atoms in total. The van der Waals surface area contributed by atoms with E-state index < -0.39 is 14.9 Å². The lowest BCUT2D eigenvalue weighted by Gasteiger charge is -2.34. The van der Waals surface area contributed by atoms with Gasteiger partial charge in [-0.15, -0.1) is 0 Å². The maximum atomic E-state index is 12.8. The van der Waals surface area contributed by atoms with Gasteiger partial charge < -0.3 is 9.64 Å². The summed E-state index contributed by atoms with van der Waals surface area (Å²) in [5.41, 5.74) is 0.726. The molecule has 1 aromatic carbocycles. The molecule has 3 aliphatic rings. The molecule has 26 heavy (non-hydrogen) atoms. The van der Waals surface area contributed by atoms with Crippen molar-refractivity contribution in [2.24, 2.45) is 5.41 Å². The largest absolute Gasteiger partial charge is 0.379 e. The van der Waals surface area contributed by atoms with Gasteiger partial charge in [0.2, 0.25) is 10.0 Å². The number of nitrogens with zero attached hydrogens (tertiary/aromatic N) is 3. The van der Waals surface area contributed by atoms with E-state index in [9.17, 15) is 18.5 Å².